The van der Waals surface area contributed by atoms with Gasteiger partial charge in [0.2, 0.25) is 0 Å². The van der Waals surface area contributed by atoms with E-state index in [0.29, 0.717) is 17.5 Å². The first-order chi connectivity index (χ1) is 20.3. The number of rotatable bonds is 4. The first kappa shape index (κ1) is 23.2. The zero-order chi connectivity index (χ0) is 27.2. The quantitative estimate of drug-likeness (QED) is 0.231. The standard InChI is InChI=1S/C37H22N4/c1-3-8-29-22-31(18-12-24(29)6-1)36-39-35(40-37(41-36)32-19-13-25-7-2-4-9-30(25)23-32)28-16-14-26(15-17-28)33-11-5-10-27-20-21-38-34(27)33/h1-20,22-23H. The van der Waals surface area contributed by atoms with Gasteiger partial charge in [0, 0.05) is 33.9 Å². The van der Waals surface area contributed by atoms with Crippen molar-refractivity contribution < 1.29 is 0 Å². The summed E-state index contributed by atoms with van der Waals surface area (Å²) in [5.41, 5.74) is 7.05. The van der Waals surface area contributed by atoms with E-state index < -0.39 is 0 Å². The van der Waals surface area contributed by atoms with Crippen LogP contribution in [-0.2, 0) is 0 Å². The summed E-state index contributed by atoms with van der Waals surface area (Å²) >= 11 is 0. The minimum absolute atomic E-state index is 0.635. The first-order valence-corrected chi connectivity index (χ1v) is 13.6. The lowest BCUT2D eigenvalue weighted by molar-refractivity contribution is 1.08. The minimum Gasteiger partial charge on any atom is -0.208 e. The molecule has 0 atom stereocenters. The Morgan fingerprint density at radius 1 is 0.415 bits per heavy atom. The second kappa shape index (κ2) is 9.49. The predicted octanol–water partition coefficient (Wildman–Crippen LogP) is 9.17. The van der Waals surface area contributed by atoms with E-state index in [1.807, 2.05) is 6.08 Å². The van der Waals surface area contributed by atoms with Crippen LogP contribution in [0.25, 0.3) is 72.9 Å². The molecule has 0 radical (unpaired) electrons. The number of benzene rings is 6. The SMILES string of the molecule is C1=Cc2cccc(-c3ccc(-c4nc(-c5ccc6ccccc6c5)nc(-c5ccc6ccccc6c5)n4)cc3)c2N=1. The lowest BCUT2D eigenvalue weighted by Gasteiger charge is -2.11. The molecule has 4 nitrogen and oxygen atoms in total. The third-order valence-corrected chi connectivity index (χ3v) is 7.57. The molecular weight excluding hydrogens is 500 g/mol. The van der Waals surface area contributed by atoms with Crippen LogP contribution in [0.1, 0.15) is 5.56 Å². The summed E-state index contributed by atoms with van der Waals surface area (Å²) in [6.07, 6.45) is 1.92. The topological polar surface area (TPSA) is 51.0 Å². The Morgan fingerprint density at radius 2 is 0.927 bits per heavy atom. The van der Waals surface area contributed by atoms with Crippen LogP contribution in [-0.4, -0.2) is 20.8 Å². The predicted molar refractivity (Wildman–Crippen MR) is 168 cm³/mol. The Morgan fingerprint density at radius 3 is 1.54 bits per heavy atom. The van der Waals surface area contributed by atoms with Crippen molar-refractivity contribution >= 4 is 39.2 Å². The highest BCUT2D eigenvalue weighted by atomic mass is 15.0. The molecule has 8 rings (SSSR count). The van der Waals surface area contributed by atoms with Gasteiger partial charge in [-0.2, -0.15) is 0 Å². The zero-order valence-corrected chi connectivity index (χ0v) is 22.0. The van der Waals surface area contributed by atoms with Gasteiger partial charge in [0.1, 0.15) is 0 Å². The van der Waals surface area contributed by atoms with Crippen molar-refractivity contribution in [1.29, 1.82) is 0 Å². The lowest BCUT2D eigenvalue weighted by Crippen LogP contribution is -2.00. The van der Waals surface area contributed by atoms with E-state index >= 15 is 0 Å². The summed E-state index contributed by atoms with van der Waals surface area (Å²) < 4.78 is 0. The number of hydrogen-bond donors (Lipinski definition) is 0. The Bertz CT molecular complexity index is 2090. The summed E-state index contributed by atoms with van der Waals surface area (Å²) in [5, 5.41) is 4.66. The van der Waals surface area contributed by atoms with Crippen LogP contribution in [0.4, 0.5) is 5.69 Å². The van der Waals surface area contributed by atoms with Crippen LogP contribution >= 0.6 is 0 Å². The van der Waals surface area contributed by atoms with Crippen LogP contribution in [0.15, 0.2) is 132 Å². The Hall–Kier alpha value is -5.70. The molecule has 2 heterocycles. The summed E-state index contributed by atoms with van der Waals surface area (Å²) in [6, 6.07) is 43.9. The number of fused-ring (bicyclic) bond motifs is 3. The van der Waals surface area contributed by atoms with Crippen LogP contribution < -0.4 is 0 Å². The molecule has 0 amide bonds. The van der Waals surface area contributed by atoms with Gasteiger partial charge in [-0.05, 0) is 45.1 Å². The number of para-hydroxylation sites is 1. The van der Waals surface area contributed by atoms with Gasteiger partial charge in [0.05, 0.1) is 5.69 Å². The Balaban J connectivity index is 1.26. The maximum Gasteiger partial charge on any atom is 0.164 e. The molecule has 0 spiro atoms. The van der Waals surface area contributed by atoms with Crippen LogP contribution in [0.2, 0.25) is 0 Å². The molecule has 41 heavy (non-hydrogen) atoms. The van der Waals surface area contributed by atoms with Crippen LogP contribution in [0.3, 0.4) is 0 Å². The van der Waals surface area contributed by atoms with Gasteiger partial charge in [0.15, 0.2) is 17.5 Å². The number of aromatic nitrogens is 3. The highest BCUT2D eigenvalue weighted by Gasteiger charge is 2.15. The summed E-state index contributed by atoms with van der Waals surface area (Å²) in [5.74, 6) is 4.90. The number of nitrogens with zero attached hydrogens (tertiary/aromatic N) is 4. The molecule has 0 saturated heterocycles. The molecule has 4 heteroatoms. The third kappa shape index (κ3) is 4.20. The maximum atomic E-state index is 4.97. The fourth-order valence-electron chi connectivity index (χ4n) is 5.42. The van der Waals surface area contributed by atoms with E-state index in [-0.39, 0.29) is 0 Å². The molecular formula is C37H22N4. The van der Waals surface area contributed by atoms with Gasteiger partial charge >= 0.3 is 0 Å². The molecule has 190 valence electrons. The molecule has 0 saturated carbocycles. The fraction of sp³-hybridized carbons (Fsp3) is 0. The summed E-state index contributed by atoms with van der Waals surface area (Å²) in [4.78, 5) is 19.4. The molecule has 1 aromatic heterocycles. The molecule has 0 fully saturated rings. The fourth-order valence-corrected chi connectivity index (χ4v) is 5.42. The van der Waals surface area contributed by atoms with Gasteiger partial charge in [0.25, 0.3) is 0 Å². The molecule has 6 aromatic carbocycles. The number of aliphatic imine (C=N–C) groups is 1. The minimum atomic E-state index is 0.635. The molecule has 0 bridgehead atoms. The second-order valence-corrected chi connectivity index (χ2v) is 10.1. The van der Waals surface area contributed by atoms with Gasteiger partial charge in [-0.15, -0.1) is 0 Å². The maximum absolute atomic E-state index is 4.97. The zero-order valence-electron chi connectivity index (χ0n) is 22.0. The second-order valence-electron chi connectivity index (χ2n) is 10.1. The van der Waals surface area contributed by atoms with Gasteiger partial charge in [-0.1, -0.05) is 115 Å². The first-order valence-electron chi connectivity index (χ1n) is 13.6. The van der Waals surface area contributed by atoms with Crippen molar-refractivity contribution in [2.24, 2.45) is 4.99 Å². The summed E-state index contributed by atoms with van der Waals surface area (Å²) in [7, 11) is 0. The van der Waals surface area contributed by atoms with Crippen molar-refractivity contribution in [3.63, 3.8) is 0 Å². The van der Waals surface area contributed by atoms with Crippen molar-refractivity contribution in [2.75, 3.05) is 0 Å². The van der Waals surface area contributed by atoms with Gasteiger partial charge in [-0.3, -0.25) is 0 Å². The average Bonchev–Trinajstić information content (AvgIpc) is 3.54. The van der Waals surface area contributed by atoms with Crippen molar-refractivity contribution in [2.45, 2.75) is 0 Å². The van der Waals surface area contributed by atoms with Gasteiger partial charge in [-0.25, -0.2) is 19.9 Å². The highest BCUT2D eigenvalue weighted by molar-refractivity contribution is 5.96. The molecule has 0 N–H and O–H groups in total. The third-order valence-electron chi connectivity index (χ3n) is 7.57. The molecule has 0 aliphatic carbocycles. The van der Waals surface area contributed by atoms with E-state index in [0.717, 1.165) is 49.8 Å². The highest BCUT2D eigenvalue weighted by Crippen LogP contribution is 2.36. The van der Waals surface area contributed by atoms with E-state index in [1.54, 1.807) is 0 Å². The average molecular weight is 523 g/mol. The van der Waals surface area contributed by atoms with Gasteiger partial charge < -0.3 is 0 Å². The monoisotopic (exact) mass is 522 g/mol. The smallest absolute Gasteiger partial charge is 0.164 e. The Kier molecular flexibility index (Phi) is 5.37. The Labute approximate surface area is 237 Å². The van der Waals surface area contributed by atoms with E-state index in [9.17, 15) is 0 Å². The van der Waals surface area contributed by atoms with E-state index in [4.69, 9.17) is 15.0 Å². The largest absolute Gasteiger partial charge is 0.208 e. The van der Waals surface area contributed by atoms with E-state index in [2.05, 4.69) is 138 Å². The summed E-state index contributed by atoms with van der Waals surface area (Å²) in [6.45, 7) is 0. The van der Waals surface area contributed by atoms with Crippen molar-refractivity contribution in [1.82, 2.24) is 15.0 Å². The van der Waals surface area contributed by atoms with Crippen molar-refractivity contribution in [3.8, 4) is 45.3 Å². The molecule has 1 aliphatic rings. The van der Waals surface area contributed by atoms with Crippen LogP contribution in [0.5, 0.6) is 0 Å². The molecule has 1 aliphatic heterocycles. The van der Waals surface area contributed by atoms with Crippen LogP contribution in [0, 0.1) is 0 Å². The number of hydrogen-bond acceptors (Lipinski definition) is 4. The molecule has 0 unspecified atom stereocenters. The lowest BCUT2D eigenvalue weighted by atomic mass is 9.99. The normalized spacial score (nSPS) is 11.8. The van der Waals surface area contributed by atoms with Crippen molar-refractivity contribution in [3.05, 3.63) is 133 Å². The van der Waals surface area contributed by atoms with E-state index in [1.165, 1.54) is 10.8 Å². The molecule has 7 aromatic rings.